The van der Waals surface area contributed by atoms with Crippen LogP contribution < -0.4 is 19.7 Å². The largest absolute Gasteiger partial charge is 0.466 e. The lowest BCUT2D eigenvalue weighted by Crippen LogP contribution is -2.49. The van der Waals surface area contributed by atoms with Crippen LogP contribution in [0.4, 0.5) is 18.9 Å². The summed E-state index contributed by atoms with van der Waals surface area (Å²) in [5.41, 5.74) is -0.125. The number of ether oxygens (including phenoxy) is 3. The van der Waals surface area contributed by atoms with Gasteiger partial charge in [0.05, 0.1) is 6.61 Å². The van der Waals surface area contributed by atoms with Gasteiger partial charge in [0.15, 0.2) is 17.2 Å². The molecule has 40 heavy (non-hydrogen) atoms. The van der Waals surface area contributed by atoms with E-state index in [2.05, 4.69) is 10.4 Å². The predicted molar refractivity (Wildman–Crippen MR) is 136 cm³/mol. The van der Waals surface area contributed by atoms with Crippen LogP contribution in [0.1, 0.15) is 23.7 Å². The number of likely N-dealkylation sites (N-methyl/N-ethyl adjacent to an activating group) is 1. The normalized spacial score (nSPS) is 13.0. The summed E-state index contributed by atoms with van der Waals surface area (Å²) >= 11 is 0. The first-order valence-corrected chi connectivity index (χ1v) is 12.3. The van der Waals surface area contributed by atoms with E-state index in [1.165, 1.54) is 4.90 Å². The first kappa shape index (κ1) is 28.5. The number of nitrogens with one attached hydrogen (secondary N) is 1. The van der Waals surface area contributed by atoms with E-state index in [4.69, 9.17) is 14.2 Å². The summed E-state index contributed by atoms with van der Waals surface area (Å²) in [6.45, 7) is 0.382. The van der Waals surface area contributed by atoms with Crippen molar-refractivity contribution in [3.8, 4) is 11.5 Å². The second kappa shape index (κ2) is 12.1. The average Bonchev–Trinajstić information content (AvgIpc) is 3.54. The molecule has 0 aliphatic carbocycles. The molecule has 0 spiro atoms. The fourth-order valence-corrected chi connectivity index (χ4v) is 4.16. The van der Waals surface area contributed by atoms with E-state index in [1.807, 2.05) is 6.07 Å². The van der Waals surface area contributed by atoms with E-state index in [1.54, 1.807) is 49.5 Å². The van der Waals surface area contributed by atoms with Crippen LogP contribution >= 0.6 is 0 Å². The van der Waals surface area contributed by atoms with Crippen LogP contribution in [-0.4, -0.2) is 54.1 Å². The quantitative estimate of drug-likeness (QED) is 0.379. The van der Waals surface area contributed by atoms with Gasteiger partial charge in [0.25, 0.3) is 0 Å². The zero-order chi connectivity index (χ0) is 28.9. The van der Waals surface area contributed by atoms with Gasteiger partial charge in [0, 0.05) is 50.3 Å². The Labute approximate surface area is 227 Å². The van der Waals surface area contributed by atoms with Crippen molar-refractivity contribution in [3.05, 3.63) is 71.5 Å². The first-order chi connectivity index (χ1) is 19.0. The molecule has 1 N–H and O–H groups in total. The molecule has 1 aliphatic heterocycles. The number of fused-ring (bicyclic) bond motifs is 1. The lowest BCUT2D eigenvalue weighted by molar-refractivity contribution is -0.142. The van der Waals surface area contributed by atoms with E-state index in [0.717, 1.165) is 23.4 Å². The maximum absolute atomic E-state index is 13.5. The third kappa shape index (κ3) is 7.10. The molecule has 4 rings (SSSR count). The molecule has 0 radical (unpaired) electrons. The molecule has 0 saturated carbocycles. The lowest BCUT2D eigenvalue weighted by Gasteiger charge is -2.25. The number of rotatable bonds is 10. The summed E-state index contributed by atoms with van der Waals surface area (Å²) in [6, 6.07) is 12.9. The van der Waals surface area contributed by atoms with Gasteiger partial charge in [-0.15, -0.1) is 0 Å². The molecule has 1 aliphatic rings. The number of carbonyl (C=O) groups is 3. The van der Waals surface area contributed by atoms with Crippen LogP contribution in [0, 0.1) is 0 Å². The zero-order valence-corrected chi connectivity index (χ0v) is 21.7. The van der Waals surface area contributed by atoms with Crippen LogP contribution in [0.5, 0.6) is 11.5 Å². The van der Waals surface area contributed by atoms with Gasteiger partial charge in [-0.2, -0.15) is 18.3 Å². The fourth-order valence-electron chi connectivity index (χ4n) is 4.16. The predicted octanol–water partition coefficient (Wildman–Crippen LogP) is 3.13. The standard InChI is InChI=1S/C27H27F3N4O6/c1-17(35)38-11-10-19-14-34(32-25(19)27(28,29)30)15-24(36)31-21(12-18-6-4-3-5-7-18)26(37)33(2)20-8-9-22-23(13-20)40-16-39-22/h3-9,13-14,21H,10-12,15-16H2,1-2H3,(H,31,36)/t21-/m0/s1. The molecule has 0 unspecified atom stereocenters. The summed E-state index contributed by atoms with van der Waals surface area (Å²) in [4.78, 5) is 38.8. The molecular weight excluding hydrogens is 533 g/mol. The molecule has 2 amide bonds. The SMILES string of the molecule is CC(=O)OCCc1cn(CC(=O)N[C@@H](Cc2ccccc2)C(=O)N(C)c2ccc3c(c2)OCO3)nc1C(F)(F)F. The number of nitrogens with zero attached hydrogens (tertiary/aromatic N) is 3. The molecule has 13 heteroatoms. The number of hydrogen-bond acceptors (Lipinski definition) is 7. The van der Waals surface area contributed by atoms with Crippen LogP contribution in [0.3, 0.4) is 0 Å². The second-order valence-corrected chi connectivity index (χ2v) is 9.03. The number of anilines is 1. The number of amides is 2. The Hall–Kier alpha value is -4.55. The van der Waals surface area contributed by atoms with Gasteiger partial charge in [-0.25, -0.2) is 0 Å². The number of carbonyl (C=O) groups excluding carboxylic acids is 3. The molecule has 0 bridgehead atoms. The summed E-state index contributed by atoms with van der Waals surface area (Å²) in [7, 11) is 1.54. The van der Waals surface area contributed by atoms with Gasteiger partial charge in [-0.3, -0.25) is 19.1 Å². The van der Waals surface area contributed by atoms with Gasteiger partial charge in [0.2, 0.25) is 18.6 Å². The number of esters is 1. The Morgan fingerprint density at radius 2 is 1.85 bits per heavy atom. The molecule has 3 aromatic rings. The molecule has 2 aromatic carbocycles. The summed E-state index contributed by atoms with van der Waals surface area (Å²) < 4.78 is 56.9. The van der Waals surface area contributed by atoms with E-state index >= 15 is 0 Å². The Kier molecular flexibility index (Phi) is 8.61. The van der Waals surface area contributed by atoms with E-state index < -0.39 is 42.2 Å². The van der Waals surface area contributed by atoms with Crippen molar-refractivity contribution in [2.24, 2.45) is 0 Å². The van der Waals surface area contributed by atoms with Crippen LogP contribution in [0.15, 0.2) is 54.7 Å². The highest BCUT2D eigenvalue weighted by atomic mass is 19.4. The van der Waals surface area contributed by atoms with Gasteiger partial charge in [0.1, 0.15) is 12.6 Å². The molecule has 212 valence electrons. The van der Waals surface area contributed by atoms with Crippen molar-refractivity contribution in [1.82, 2.24) is 15.1 Å². The van der Waals surface area contributed by atoms with Crippen molar-refractivity contribution in [2.45, 2.75) is 38.5 Å². The molecule has 2 heterocycles. The number of halogens is 3. The molecular formula is C27H27F3N4O6. The molecule has 0 fully saturated rings. The number of aromatic nitrogens is 2. The van der Waals surface area contributed by atoms with Crippen molar-refractivity contribution in [1.29, 1.82) is 0 Å². The number of alkyl halides is 3. The topological polar surface area (TPSA) is 112 Å². The highest BCUT2D eigenvalue weighted by Crippen LogP contribution is 2.35. The summed E-state index contributed by atoms with van der Waals surface area (Å²) in [6.07, 6.45) is -3.78. The lowest BCUT2D eigenvalue weighted by atomic mass is 10.0. The van der Waals surface area contributed by atoms with Crippen molar-refractivity contribution >= 4 is 23.5 Å². The molecule has 1 aromatic heterocycles. The minimum absolute atomic E-state index is 0.0675. The zero-order valence-electron chi connectivity index (χ0n) is 21.7. The van der Waals surface area contributed by atoms with Crippen molar-refractivity contribution in [3.63, 3.8) is 0 Å². The average molecular weight is 561 g/mol. The fraction of sp³-hybridized carbons (Fsp3) is 0.333. The Morgan fingerprint density at radius 1 is 1.12 bits per heavy atom. The van der Waals surface area contributed by atoms with Gasteiger partial charge >= 0.3 is 12.1 Å². The minimum Gasteiger partial charge on any atom is -0.466 e. The van der Waals surface area contributed by atoms with Crippen LogP contribution in [-0.2, 0) is 44.7 Å². The second-order valence-electron chi connectivity index (χ2n) is 9.03. The first-order valence-electron chi connectivity index (χ1n) is 12.3. The third-order valence-electron chi connectivity index (χ3n) is 6.08. The van der Waals surface area contributed by atoms with Crippen LogP contribution in [0.25, 0.3) is 0 Å². The highest BCUT2D eigenvalue weighted by molar-refractivity contribution is 5.99. The smallest absolute Gasteiger partial charge is 0.435 e. The molecule has 10 nitrogen and oxygen atoms in total. The minimum atomic E-state index is -4.77. The molecule has 1 atom stereocenters. The maximum Gasteiger partial charge on any atom is 0.435 e. The summed E-state index contributed by atoms with van der Waals surface area (Å²) in [5, 5.41) is 6.19. The monoisotopic (exact) mass is 560 g/mol. The van der Waals surface area contributed by atoms with Gasteiger partial charge in [-0.05, 0) is 17.7 Å². The van der Waals surface area contributed by atoms with E-state index in [-0.39, 0.29) is 31.8 Å². The maximum atomic E-state index is 13.5. The molecule has 0 saturated heterocycles. The van der Waals surface area contributed by atoms with Crippen molar-refractivity contribution < 1.29 is 41.8 Å². The Bertz CT molecular complexity index is 1380. The van der Waals surface area contributed by atoms with E-state index in [0.29, 0.717) is 17.2 Å². The Balaban J connectivity index is 1.51. The van der Waals surface area contributed by atoms with Crippen LogP contribution in [0.2, 0.25) is 0 Å². The van der Waals surface area contributed by atoms with Gasteiger partial charge in [-0.1, -0.05) is 30.3 Å². The highest BCUT2D eigenvalue weighted by Gasteiger charge is 2.37. The van der Waals surface area contributed by atoms with E-state index in [9.17, 15) is 27.6 Å². The van der Waals surface area contributed by atoms with Crippen molar-refractivity contribution in [2.75, 3.05) is 25.3 Å². The Morgan fingerprint density at radius 3 is 2.55 bits per heavy atom. The van der Waals surface area contributed by atoms with Gasteiger partial charge < -0.3 is 24.4 Å². The number of benzene rings is 2. The summed E-state index contributed by atoms with van der Waals surface area (Å²) in [5.74, 6) is -0.765. The third-order valence-corrected chi connectivity index (χ3v) is 6.08. The number of hydrogen-bond donors (Lipinski definition) is 1.